The number of aromatic nitrogens is 3. The molecule has 0 spiro atoms. The zero-order valence-electron chi connectivity index (χ0n) is 15.8. The van der Waals surface area contributed by atoms with Gasteiger partial charge in [0, 0.05) is 24.2 Å². The number of carbonyl (C=O) groups is 1. The highest BCUT2D eigenvalue weighted by Crippen LogP contribution is 2.22. The number of hydrogen-bond acceptors (Lipinski definition) is 4. The van der Waals surface area contributed by atoms with Gasteiger partial charge in [-0.3, -0.25) is 4.79 Å². The van der Waals surface area contributed by atoms with Crippen molar-refractivity contribution in [1.82, 2.24) is 20.1 Å². The van der Waals surface area contributed by atoms with Crippen LogP contribution in [-0.4, -0.2) is 27.3 Å². The number of halogens is 1. The molecule has 0 unspecified atom stereocenters. The Labute approximate surface area is 167 Å². The van der Waals surface area contributed by atoms with Crippen molar-refractivity contribution in [3.05, 3.63) is 83.9 Å². The average molecular weight is 390 g/mol. The molecule has 0 fully saturated rings. The molecule has 6 nitrogen and oxygen atoms in total. The Morgan fingerprint density at radius 1 is 1.10 bits per heavy atom. The molecule has 7 heteroatoms. The SMILES string of the molecule is CCOc1ccc(CNC(=O)c2cccc3c2cnn3-c2ccc(F)cc2)cn1. The van der Waals surface area contributed by atoms with Crippen LogP contribution < -0.4 is 10.1 Å². The number of pyridine rings is 1. The monoisotopic (exact) mass is 390 g/mol. The first-order valence-corrected chi connectivity index (χ1v) is 9.24. The summed E-state index contributed by atoms with van der Waals surface area (Å²) in [5, 5.41) is 8.00. The van der Waals surface area contributed by atoms with Gasteiger partial charge in [0.1, 0.15) is 5.82 Å². The van der Waals surface area contributed by atoms with E-state index in [0.717, 1.165) is 22.2 Å². The fourth-order valence-electron chi connectivity index (χ4n) is 3.06. The van der Waals surface area contributed by atoms with Crippen molar-refractivity contribution < 1.29 is 13.9 Å². The molecule has 0 radical (unpaired) electrons. The molecule has 4 rings (SSSR count). The Kier molecular flexibility index (Phi) is 5.20. The third kappa shape index (κ3) is 3.94. The molecule has 1 N–H and O–H groups in total. The van der Waals surface area contributed by atoms with E-state index in [1.165, 1.54) is 12.1 Å². The molecule has 0 aliphatic heterocycles. The first kappa shape index (κ1) is 18.6. The van der Waals surface area contributed by atoms with E-state index in [1.54, 1.807) is 47.4 Å². The topological polar surface area (TPSA) is 69.0 Å². The Bertz CT molecular complexity index is 1140. The highest BCUT2D eigenvalue weighted by Gasteiger charge is 2.14. The summed E-state index contributed by atoms with van der Waals surface area (Å²) in [4.78, 5) is 16.9. The van der Waals surface area contributed by atoms with Gasteiger partial charge in [0.2, 0.25) is 5.88 Å². The van der Waals surface area contributed by atoms with Crippen molar-refractivity contribution in [3.63, 3.8) is 0 Å². The lowest BCUT2D eigenvalue weighted by atomic mass is 10.1. The number of benzene rings is 2. The summed E-state index contributed by atoms with van der Waals surface area (Å²) in [6, 6.07) is 15.1. The molecule has 0 saturated carbocycles. The zero-order chi connectivity index (χ0) is 20.2. The van der Waals surface area contributed by atoms with Crippen LogP contribution in [0.4, 0.5) is 4.39 Å². The van der Waals surface area contributed by atoms with Crippen LogP contribution in [0.2, 0.25) is 0 Å². The van der Waals surface area contributed by atoms with Crippen LogP contribution >= 0.6 is 0 Å². The zero-order valence-corrected chi connectivity index (χ0v) is 15.8. The first-order valence-electron chi connectivity index (χ1n) is 9.24. The fraction of sp³-hybridized carbons (Fsp3) is 0.136. The van der Waals surface area contributed by atoms with Gasteiger partial charge >= 0.3 is 0 Å². The molecule has 0 atom stereocenters. The number of nitrogens with one attached hydrogen (secondary N) is 1. The van der Waals surface area contributed by atoms with Gasteiger partial charge in [0.25, 0.3) is 5.91 Å². The van der Waals surface area contributed by atoms with Crippen LogP contribution in [0.25, 0.3) is 16.6 Å². The van der Waals surface area contributed by atoms with Crippen molar-refractivity contribution in [2.24, 2.45) is 0 Å². The maximum Gasteiger partial charge on any atom is 0.252 e. The van der Waals surface area contributed by atoms with Crippen LogP contribution in [0.1, 0.15) is 22.8 Å². The van der Waals surface area contributed by atoms with Crippen molar-refractivity contribution in [2.45, 2.75) is 13.5 Å². The number of carbonyl (C=O) groups excluding carboxylic acids is 1. The molecule has 146 valence electrons. The van der Waals surface area contributed by atoms with E-state index in [9.17, 15) is 9.18 Å². The Balaban J connectivity index is 1.54. The minimum absolute atomic E-state index is 0.205. The van der Waals surface area contributed by atoms with E-state index in [2.05, 4.69) is 15.4 Å². The summed E-state index contributed by atoms with van der Waals surface area (Å²) in [6.07, 6.45) is 3.32. The van der Waals surface area contributed by atoms with Gasteiger partial charge in [0.05, 0.1) is 29.6 Å². The smallest absolute Gasteiger partial charge is 0.252 e. The second-order valence-corrected chi connectivity index (χ2v) is 6.39. The number of ether oxygens (including phenoxy) is 1. The summed E-state index contributed by atoms with van der Waals surface area (Å²) < 4.78 is 20.2. The van der Waals surface area contributed by atoms with Gasteiger partial charge < -0.3 is 10.1 Å². The molecule has 0 saturated heterocycles. The van der Waals surface area contributed by atoms with Crippen molar-refractivity contribution >= 4 is 16.8 Å². The second kappa shape index (κ2) is 8.10. The first-order chi connectivity index (χ1) is 14.2. The van der Waals surface area contributed by atoms with Gasteiger partial charge in [-0.05, 0) is 48.9 Å². The lowest BCUT2D eigenvalue weighted by Gasteiger charge is -2.08. The lowest BCUT2D eigenvalue weighted by molar-refractivity contribution is 0.0952. The quantitative estimate of drug-likeness (QED) is 0.542. The van der Waals surface area contributed by atoms with Crippen LogP contribution in [0.3, 0.4) is 0 Å². The minimum atomic E-state index is -0.311. The third-order valence-electron chi connectivity index (χ3n) is 4.47. The predicted octanol–water partition coefficient (Wildman–Crippen LogP) is 3.89. The third-order valence-corrected chi connectivity index (χ3v) is 4.47. The number of hydrogen-bond donors (Lipinski definition) is 1. The maximum atomic E-state index is 13.2. The van der Waals surface area contributed by atoms with E-state index in [4.69, 9.17) is 4.74 Å². The van der Waals surface area contributed by atoms with Crippen LogP contribution in [0.5, 0.6) is 5.88 Å². The summed E-state index contributed by atoms with van der Waals surface area (Å²) >= 11 is 0. The van der Waals surface area contributed by atoms with Gasteiger partial charge in [-0.15, -0.1) is 0 Å². The molecular formula is C22H19FN4O2. The molecule has 0 aliphatic carbocycles. The van der Waals surface area contributed by atoms with Gasteiger partial charge in [-0.1, -0.05) is 12.1 Å². The Morgan fingerprint density at radius 3 is 2.66 bits per heavy atom. The number of rotatable bonds is 6. The fourth-order valence-corrected chi connectivity index (χ4v) is 3.06. The summed E-state index contributed by atoms with van der Waals surface area (Å²) in [5.74, 6) is 0.0396. The number of nitrogens with zero attached hydrogens (tertiary/aromatic N) is 3. The van der Waals surface area contributed by atoms with Gasteiger partial charge in [-0.25, -0.2) is 14.1 Å². The van der Waals surface area contributed by atoms with E-state index >= 15 is 0 Å². The van der Waals surface area contributed by atoms with Crippen molar-refractivity contribution in [2.75, 3.05) is 6.61 Å². The average Bonchev–Trinajstić information content (AvgIpc) is 3.18. The molecule has 0 aliphatic rings. The predicted molar refractivity (Wildman–Crippen MR) is 108 cm³/mol. The van der Waals surface area contributed by atoms with E-state index in [0.29, 0.717) is 24.6 Å². The second-order valence-electron chi connectivity index (χ2n) is 6.39. The molecular weight excluding hydrogens is 371 g/mol. The molecule has 1 amide bonds. The lowest BCUT2D eigenvalue weighted by Crippen LogP contribution is -2.23. The van der Waals surface area contributed by atoms with E-state index in [1.807, 2.05) is 19.1 Å². The Morgan fingerprint density at radius 2 is 1.93 bits per heavy atom. The molecule has 2 aromatic heterocycles. The maximum absolute atomic E-state index is 13.2. The molecule has 0 bridgehead atoms. The highest BCUT2D eigenvalue weighted by molar-refractivity contribution is 6.06. The molecule has 29 heavy (non-hydrogen) atoms. The van der Waals surface area contributed by atoms with E-state index in [-0.39, 0.29) is 11.7 Å². The minimum Gasteiger partial charge on any atom is -0.478 e. The van der Waals surface area contributed by atoms with Gasteiger partial charge in [0.15, 0.2) is 0 Å². The van der Waals surface area contributed by atoms with Crippen LogP contribution in [0, 0.1) is 5.82 Å². The number of fused-ring (bicyclic) bond motifs is 1. The van der Waals surface area contributed by atoms with E-state index < -0.39 is 0 Å². The molecule has 4 aromatic rings. The highest BCUT2D eigenvalue weighted by atomic mass is 19.1. The largest absolute Gasteiger partial charge is 0.478 e. The van der Waals surface area contributed by atoms with Crippen molar-refractivity contribution in [1.29, 1.82) is 0 Å². The summed E-state index contributed by atoms with van der Waals surface area (Å²) in [6.45, 7) is 2.80. The summed E-state index contributed by atoms with van der Waals surface area (Å²) in [5.41, 5.74) is 2.89. The number of amides is 1. The van der Waals surface area contributed by atoms with Crippen molar-refractivity contribution in [3.8, 4) is 11.6 Å². The standard InChI is InChI=1S/C22H19FN4O2/c1-2-29-21-11-6-15(12-24-21)13-25-22(28)18-4-3-5-20-19(18)14-26-27(20)17-9-7-16(23)8-10-17/h3-12,14H,2,13H2,1H3,(H,25,28). The molecule has 2 aromatic carbocycles. The summed E-state index contributed by atoms with van der Waals surface area (Å²) in [7, 11) is 0. The molecule has 2 heterocycles. The normalized spacial score (nSPS) is 10.8. The van der Waals surface area contributed by atoms with Crippen LogP contribution in [0.15, 0.2) is 67.0 Å². The van der Waals surface area contributed by atoms with Gasteiger partial charge in [-0.2, -0.15) is 5.10 Å². The Hall–Kier alpha value is -3.74. The van der Waals surface area contributed by atoms with Crippen LogP contribution in [-0.2, 0) is 6.54 Å².